The summed E-state index contributed by atoms with van der Waals surface area (Å²) in [4.78, 5) is 29.1. The lowest BCUT2D eigenvalue weighted by Crippen LogP contribution is -2.47. The van der Waals surface area contributed by atoms with E-state index in [0.717, 1.165) is 25.1 Å². The van der Waals surface area contributed by atoms with Crippen LogP contribution in [0.3, 0.4) is 0 Å². The van der Waals surface area contributed by atoms with Crippen LogP contribution < -0.4 is 10.1 Å². The van der Waals surface area contributed by atoms with E-state index < -0.39 is 0 Å². The number of likely N-dealkylation sites (tertiary alicyclic amines) is 1. The number of H-pyrrole nitrogens is 1. The molecule has 1 aromatic carbocycles. The highest BCUT2D eigenvalue weighted by Gasteiger charge is 2.29. The number of hydrogen-bond acceptors (Lipinski definition) is 4. The predicted molar refractivity (Wildman–Crippen MR) is 111 cm³/mol. The number of methoxy groups -OCH3 is 1. The Bertz CT molecular complexity index is 829. The van der Waals surface area contributed by atoms with Crippen molar-refractivity contribution in [2.24, 2.45) is 0 Å². The summed E-state index contributed by atoms with van der Waals surface area (Å²) in [5.41, 5.74) is 2.07. The first kappa shape index (κ1) is 20.7. The second-order valence-corrected chi connectivity index (χ2v) is 7.12. The Kier molecular flexibility index (Phi) is 6.74. The third kappa shape index (κ3) is 4.70. The van der Waals surface area contributed by atoms with Gasteiger partial charge in [0.1, 0.15) is 5.75 Å². The molecule has 1 aliphatic heterocycles. The average Bonchev–Trinajstić information content (AvgIpc) is 3.22. The summed E-state index contributed by atoms with van der Waals surface area (Å²) >= 11 is 0. The van der Waals surface area contributed by atoms with Crippen molar-refractivity contribution in [2.75, 3.05) is 38.6 Å². The highest BCUT2D eigenvalue weighted by Crippen LogP contribution is 2.31. The molecule has 3 amide bonds. The number of ether oxygens (including phenoxy) is 1. The van der Waals surface area contributed by atoms with Crippen molar-refractivity contribution >= 4 is 17.6 Å². The molecular formula is C21H29N5O3. The number of nitrogens with zero attached hydrogens (tertiary/aromatic N) is 3. The summed E-state index contributed by atoms with van der Waals surface area (Å²) in [6.07, 6.45) is 3.49. The van der Waals surface area contributed by atoms with Gasteiger partial charge in [0.05, 0.1) is 24.7 Å². The number of amides is 3. The Labute approximate surface area is 171 Å². The molecule has 0 aliphatic carbocycles. The van der Waals surface area contributed by atoms with Crippen LogP contribution >= 0.6 is 0 Å². The van der Waals surface area contributed by atoms with Gasteiger partial charge in [0, 0.05) is 37.7 Å². The van der Waals surface area contributed by atoms with Gasteiger partial charge in [0.2, 0.25) is 0 Å². The number of rotatable bonds is 6. The minimum absolute atomic E-state index is 0.0723. The summed E-state index contributed by atoms with van der Waals surface area (Å²) in [7, 11) is 1.59. The zero-order valence-electron chi connectivity index (χ0n) is 17.3. The van der Waals surface area contributed by atoms with Gasteiger partial charge in [-0.15, -0.1) is 0 Å². The van der Waals surface area contributed by atoms with Crippen LogP contribution in [-0.2, 0) is 0 Å². The highest BCUT2D eigenvalue weighted by molar-refractivity contribution is 6.04. The SMILES string of the molecule is CCN(CC)C(=O)N1CCCC(c2[nH]ncc2NC(=O)c2ccc(OC)cc2)C1. The number of nitrogens with one attached hydrogen (secondary N) is 2. The Morgan fingerprint density at radius 3 is 2.66 bits per heavy atom. The molecular weight excluding hydrogens is 370 g/mol. The lowest BCUT2D eigenvalue weighted by molar-refractivity contribution is 0.102. The summed E-state index contributed by atoms with van der Waals surface area (Å²) in [5, 5.41) is 10.1. The fourth-order valence-corrected chi connectivity index (χ4v) is 3.72. The maximum atomic E-state index is 12.7. The number of hydrogen-bond donors (Lipinski definition) is 2. The summed E-state index contributed by atoms with van der Waals surface area (Å²) in [6.45, 7) is 6.75. The fraction of sp³-hybridized carbons (Fsp3) is 0.476. The first-order valence-electron chi connectivity index (χ1n) is 10.1. The number of aromatic amines is 1. The molecule has 0 radical (unpaired) electrons. The molecule has 156 valence electrons. The molecule has 8 heteroatoms. The average molecular weight is 399 g/mol. The van der Waals surface area contributed by atoms with Crippen molar-refractivity contribution in [3.05, 3.63) is 41.7 Å². The van der Waals surface area contributed by atoms with Crippen LogP contribution in [0.25, 0.3) is 0 Å². The van der Waals surface area contributed by atoms with E-state index in [2.05, 4.69) is 15.5 Å². The zero-order valence-corrected chi connectivity index (χ0v) is 17.3. The van der Waals surface area contributed by atoms with Crippen LogP contribution in [0.1, 0.15) is 48.7 Å². The Balaban J connectivity index is 1.70. The molecule has 1 aromatic heterocycles. The highest BCUT2D eigenvalue weighted by atomic mass is 16.5. The minimum Gasteiger partial charge on any atom is -0.497 e. The van der Waals surface area contributed by atoms with Gasteiger partial charge in [0.25, 0.3) is 5.91 Å². The Morgan fingerprint density at radius 2 is 2.00 bits per heavy atom. The van der Waals surface area contributed by atoms with E-state index in [1.807, 2.05) is 23.6 Å². The van der Waals surface area contributed by atoms with E-state index in [4.69, 9.17) is 4.74 Å². The van der Waals surface area contributed by atoms with Crippen LogP contribution in [0, 0.1) is 0 Å². The van der Waals surface area contributed by atoms with Crippen LogP contribution in [0.2, 0.25) is 0 Å². The van der Waals surface area contributed by atoms with Gasteiger partial charge in [-0.2, -0.15) is 5.10 Å². The normalized spacial score (nSPS) is 16.4. The van der Waals surface area contributed by atoms with Gasteiger partial charge >= 0.3 is 6.03 Å². The number of urea groups is 1. The van der Waals surface area contributed by atoms with Gasteiger partial charge in [0.15, 0.2) is 0 Å². The van der Waals surface area contributed by atoms with E-state index >= 15 is 0 Å². The van der Waals surface area contributed by atoms with Crippen molar-refractivity contribution in [3.63, 3.8) is 0 Å². The van der Waals surface area contributed by atoms with Crippen molar-refractivity contribution in [2.45, 2.75) is 32.6 Å². The minimum atomic E-state index is -0.206. The fourth-order valence-electron chi connectivity index (χ4n) is 3.72. The second-order valence-electron chi connectivity index (χ2n) is 7.12. The maximum absolute atomic E-state index is 12.7. The first-order valence-corrected chi connectivity index (χ1v) is 10.1. The number of benzene rings is 1. The molecule has 2 heterocycles. The summed E-state index contributed by atoms with van der Waals surface area (Å²) < 4.78 is 5.13. The van der Waals surface area contributed by atoms with Gasteiger partial charge in [-0.25, -0.2) is 4.79 Å². The molecule has 1 saturated heterocycles. The number of anilines is 1. The monoisotopic (exact) mass is 399 g/mol. The smallest absolute Gasteiger partial charge is 0.319 e. The van der Waals surface area contributed by atoms with Gasteiger partial charge in [-0.3, -0.25) is 9.89 Å². The van der Waals surface area contributed by atoms with E-state index in [1.54, 1.807) is 37.6 Å². The van der Waals surface area contributed by atoms with Crippen LogP contribution in [0.15, 0.2) is 30.5 Å². The van der Waals surface area contributed by atoms with Crippen LogP contribution in [-0.4, -0.2) is 65.2 Å². The maximum Gasteiger partial charge on any atom is 0.319 e. The molecule has 0 bridgehead atoms. The predicted octanol–water partition coefficient (Wildman–Crippen LogP) is 3.31. The van der Waals surface area contributed by atoms with Crippen molar-refractivity contribution in [3.8, 4) is 5.75 Å². The molecule has 1 fully saturated rings. The summed E-state index contributed by atoms with van der Waals surface area (Å²) in [5.74, 6) is 0.602. The Morgan fingerprint density at radius 1 is 1.28 bits per heavy atom. The van der Waals surface area contributed by atoms with E-state index in [-0.39, 0.29) is 17.9 Å². The van der Waals surface area contributed by atoms with E-state index in [0.29, 0.717) is 36.6 Å². The third-order valence-electron chi connectivity index (χ3n) is 5.40. The molecule has 0 spiro atoms. The van der Waals surface area contributed by atoms with Gasteiger partial charge in [-0.05, 0) is 51.0 Å². The molecule has 1 atom stereocenters. The van der Waals surface area contributed by atoms with E-state index in [1.165, 1.54) is 0 Å². The third-order valence-corrected chi connectivity index (χ3v) is 5.40. The molecule has 2 aromatic rings. The molecule has 0 saturated carbocycles. The van der Waals surface area contributed by atoms with Crippen molar-refractivity contribution in [1.29, 1.82) is 0 Å². The molecule has 2 N–H and O–H groups in total. The zero-order chi connectivity index (χ0) is 20.8. The quantitative estimate of drug-likeness (QED) is 0.780. The number of carbonyl (C=O) groups excluding carboxylic acids is 2. The largest absolute Gasteiger partial charge is 0.497 e. The van der Waals surface area contributed by atoms with E-state index in [9.17, 15) is 9.59 Å². The van der Waals surface area contributed by atoms with Crippen molar-refractivity contribution < 1.29 is 14.3 Å². The molecule has 1 aliphatic rings. The number of carbonyl (C=O) groups is 2. The first-order chi connectivity index (χ1) is 14.1. The van der Waals surface area contributed by atoms with Crippen molar-refractivity contribution in [1.82, 2.24) is 20.0 Å². The standard InChI is InChI=1S/C21H29N5O3/c1-4-25(5-2)21(28)26-12-6-7-16(14-26)19-18(13-22-24-19)23-20(27)15-8-10-17(29-3)11-9-15/h8-11,13,16H,4-7,12,14H2,1-3H3,(H,22,24)(H,23,27). The summed E-state index contributed by atoms with van der Waals surface area (Å²) in [6, 6.07) is 7.02. The van der Waals surface area contributed by atoms with Crippen LogP contribution in [0.4, 0.5) is 10.5 Å². The second kappa shape index (κ2) is 9.45. The molecule has 8 nitrogen and oxygen atoms in total. The molecule has 29 heavy (non-hydrogen) atoms. The molecule has 1 unspecified atom stereocenters. The Hall–Kier alpha value is -3.03. The molecule has 3 rings (SSSR count). The lowest BCUT2D eigenvalue weighted by atomic mass is 9.94. The van der Waals surface area contributed by atoms with Gasteiger partial charge < -0.3 is 19.9 Å². The van der Waals surface area contributed by atoms with Gasteiger partial charge in [-0.1, -0.05) is 0 Å². The van der Waals surface area contributed by atoms with Crippen LogP contribution in [0.5, 0.6) is 5.75 Å². The number of piperidine rings is 1. The lowest BCUT2D eigenvalue weighted by Gasteiger charge is -2.35. The topological polar surface area (TPSA) is 90.6 Å². The number of aromatic nitrogens is 2.